The molecule has 3 aromatic rings. The lowest BCUT2D eigenvalue weighted by Crippen LogP contribution is -2.31. The van der Waals surface area contributed by atoms with Gasteiger partial charge in [-0.05, 0) is 46.0 Å². The highest BCUT2D eigenvalue weighted by molar-refractivity contribution is 6.10. The van der Waals surface area contributed by atoms with Gasteiger partial charge in [0, 0.05) is 28.9 Å². The monoisotopic (exact) mass is 395 g/mol. The van der Waals surface area contributed by atoms with Gasteiger partial charge in [0.25, 0.3) is 5.91 Å². The zero-order valence-electron chi connectivity index (χ0n) is 16.9. The highest BCUT2D eigenvalue weighted by atomic mass is 16.5. The standard InChI is InChI=1S/C21H25N5O3/c1-12(26(2)3)10-29-16-8-15(18-19(25-11-24-18)17(16)20(22)27)14-7-13-5-4-6-28-21(13)23-9-14/h7-9,11-12H,4-6,10H2,1-3H3,(H2,22,27)(H,24,25). The smallest absolute Gasteiger partial charge is 0.254 e. The van der Waals surface area contributed by atoms with Gasteiger partial charge in [0.2, 0.25) is 5.88 Å². The molecule has 0 aliphatic carbocycles. The number of benzene rings is 1. The summed E-state index contributed by atoms with van der Waals surface area (Å²) in [5.41, 5.74) is 10.0. The minimum Gasteiger partial charge on any atom is -0.491 e. The Morgan fingerprint density at radius 1 is 1.38 bits per heavy atom. The first-order valence-electron chi connectivity index (χ1n) is 9.67. The highest BCUT2D eigenvalue weighted by Crippen LogP contribution is 2.37. The van der Waals surface area contributed by atoms with Crippen LogP contribution in [-0.2, 0) is 6.42 Å². The molecule has 1 aromatic carbocycles. The molecule has 1 atom stereocenters. The molecular weight excluding hydrogens is 370 g/mol. The molecule has 2 aromatic heterocycles. The molecule has 8 nitrogen and oxygen atoms in total. The third kappa shape index (κ3) is 3.63. The number of aryl methyl sites for hydroxylation is 1. The van der Waals surface area contributed by atoms with Crippen molar-refractivity contribution in [1.29, 1.82) is 0 Å². The van der Waals surface area contributed by atoms with E-state index >= 15 is 0 Å². The lowest BCUT2D eigenvalue weighted by Gasteiger charge is -2.21. The Bertz CT molecular complexity index is 1060. The minimum atomic E-state index is -0.560. The number of imidazole rings is 1. The maximum absolute atomic E-state index is 12.2. The second kappa shape index (κ2) is 7.71. The van der Waals surface area contributed by atoms with Crippen molar-refractivity contribution in [2.75, 3.05) is 27.3 Å². The van der Waals surface area contributed by atoms with Crippen molar-refractivity contribution in [3.8, 4) is 22.8 Å². The van der Waals surface area contributed by atoms with Crippen LogP contribution in [0, 0.1) is 0 Å². The number of nitrogens with zero attached hydrogens (tertiary/aromatic N) is 3. The predicted molar refractivity (Wildman–Crippen MR) is 110 cm³/mol. The van der Waals surface area contributed by atoms with Crippen LogP contribution in [0.25, 0.3) is 22.2 Å². The number of primary amides is 1. The molecule has 0 fully saturated rings. The Hall–Kier alpha value is -3.13. The molecular formula is C21H25N5O3. The van der Waals surface area contributed by atoms with Gasteiger partial charge in [0.1, 0.15) is 17.9 Å². The van der Waals surface area contributed by atoms with E-state index in [9.17, 15) is 4.79 Å². The lowest BCUT2D eigenvalue weighted by molar-refractivity contribution is 0.0996. The van der Waals surface area contributed by atoms with E-state index in [0.29, 0.717) is 41.4 Å². The molecule has 8 heteroatoms. The fourth-order valence-corrected chi connectivity index (χ4v) is 3.41. The molecule has 1 aliphatic heterocycles. The number of likely N-dealkylation sites (N-methyl/N-ethyl adjacent to an activating group) is 1. The van der Waals surface area contributed by atoms with Crippen LogP contribution >= 0.6 is 0 Å². The van der Waals surface area contributed by atoms with Gasteiger partial charge in [0.05, 0.1) is 24.0 Å². The summed E-state index contributed by atoms with van der Waals surface area (Å²) in [7, 11) is 3.96. The van der Waals surface area contributed by atoms with Gasteiger partial charge in [-0.2, -0.15) is 0 Å². The fourth-order valence-electron chi connectivity index (χ4n) is 3.41. The fraction of sp³-hybridized carbons (Fsp3) is 0.381. The van der Waals surface area contributed by atoms with Gasteiger partial charge < -0.3 is 25.1 Å². The Balaban J connectivity index is 1.83. The molecule has 1 aliphatic rings. The van der Waals surface area contributed by atoms with E-state index in [1.54, 1.807) is 12.5 Å². The number of hydrogen-bond acceptors (Lipinski definition) is 6. The van der Waals surface area contributed by atoms with Gasteiger partial charge in [-0.3, -0.25) is 4.79 Å². The normalized spacial score (nSPS) is 14.5. The molecule has 0 radical (unpaired) electrons. The van der Waals surface area contributed by atoms with E-state index in [2.05, 4.69) is 21.0 Å². The van der Waals surface area contributed by atoms with Crippen molar-refractivity contribution in [2.45, 2.75) is 25.8 Å². The number of pyridine rings is 1. The minimum absolute atomic E-state index is 0.166. The SMILES string of the molecule is CC(COc1cc(-c2cnc3c(c2)CCCO3)c2nc[nH]c2c1C(N)=O)N(C)C. The van der Waals surface area contributed by atoms with E-state index in [-0.39, 0.29) is 6.04 Å². The first-order chi connectivity index (χ1) is 14.0. The summed E-state index contributed by atoms with van der Waals surface area (Å²) in [6.45, 7) is 3.16. The predicted octanol–water partition coefficient (Wildman–Crippen LogP) is 2.38. The van der Waals surface area contributed by atoms with E-state index in [1.165, 1.54) is 0 Å². The number of rotatable bonds is 6. The molecule has 1 amide bonds. The molecule has 0 bridgehead atoms. The Morgan fingerprint density at radius 2 is 2.21 bits per heavy atom. The van der Waals surface area contributed by atoms with Crippen LogP contribution in [0.4, 0.5) is 0 Å². The lowest BCUT2D eigenvalue weighted by atomic mass is 9.99. The van der Waals surface area contributed by atoms with E-state index in [1.807, 2.05) is 32.0 Å². The summed E-state index contributed by atoms with van der Waals surface area (Å²) in [6, 6.07) is 4.07. The average molecular weight is 395 g/mol. The molecule has 3 N–H and O–H groups in total. The van der Waals surface area contributed by atoms with E-state index < -0.39 is 5.91 Å². The number of H-pyrrole nitrogens is 1. The number of aromatic amines is 1. The second-order valence-electron chi connectivity index (χ2n) is 7.55. The van der Waals surface area contributed by atoms with Crippen LogP contribution in [-0.4, -0.2) is 59.1 Å². The number of nitrogens with one attached hydrogen (secondary N) is 1. The average Bonchev–Trinajstić information content (AvgIpc) is 3.19. The van der Waals surface area contributed by atoms with Gasteiger partial charge >= 0.3 is 0 Å². The Kier molecular flexibility index (Phi) is 5.10. The quantitative estimate of drug-likeness (QED) is 0.664. The molecule has 0 spiro atoms. The van der Waals surface area contributed by atoms with E-state index in [4.69, 9.17) is 15.2 Å². The van der Waals surface area contributed by atoms with Crippen LogP contribution in [0.5, 0.6) is 11.6 Å². The largest absolute Gasteiger partial charge is 0.491 e. The van der Waals surface area contributed by atoms with Crippen molar-refractivity contribution < 1.29 is 14.3 Å². The zero-order chi connectivity index (χ0) is 20.5. The van der Waals surface area contributed by atoms with Gasteiger partial charge in [0.15, 0.2) is 0 Å². The van der Waals surface area contributed by atoms with Crippen molar-refractivity contribution in [3.05, 3.63) is 35.8 Å². The summed E-state index contributed by atoms with van der Waals surface area (Å²) < 4.78 is 11.7. The number of ether oxygens (including phenoxy) is 2. The number of nitrogens with two attached hydrogens (primary N) is 1. The molecule has 4 rings (SSSR count). The Morgan fingerprint density at radius 3 is 2.97 bits per heavy atom. The van der Waals surface area contributed by atoms with Crippen LogP contribution in [0.2, 0.25) is 0 Å². The number of fused-ring (bicyclic) bond motifs is 2. The summed E-state index contributed by atoms with van der Waals surface area (Å²) in [6.07, 6.45) is 5.21. The van der Waals surface area contributed by atoms with E-state index in [0.717, 1.165) is 29.5 Å². The summed E-state index contributed by atoms with van der Waals surface area (Å²) in [5, 5.41) is 0. The second-order valence-corrected chi connectivity index (χ2v) is 7.55. The molecule has 29 heavy (non-hydrogen) atoms. The molecule has 3 heterocycles. The topological polar surface area (TPSA) is 106 Å². The van der Waals surface area contributed by atoms with Crippen LogP contribution in [0.1, 0.15) is 29.3 Å². The number of hydrogen-bond donors (Lipinski definition) is 2. The number of carbonyl (C=O) groups excluding carboxylic acids is 1. The van der Waals surface area contributed by atoms with Crippen molar-refractivity contribution in [1.82, 2.24) is 19.9 Å². The first-order valence-corrected chi connectivity index (χ1v) is 9.67. The van der Waals surface area contributed by atoms with Crippen molar-refractivity contribution in [3.63, 3.8) is 0 Å². The van der Waals surface area contributed by atoms with Crippen LogP contribution in [0.15, 0.2) is 24.7 Å². The van der Waals surface area contributed by atoms with Gasteiger partial charge in [-0.1, -0.05) is 0 Å². The zero-order valence-corrected chi connectivity index (χ0v) is 16.9. The summed E-state index contributed by atoms with van der Waals surface area (Å²) >= 11 is 0. The van der Waals surface area contributed by atoms with Gasteiger partial charge in [-0.25, -0.2) is 9.97 Å². The molecule has 152 valence electrons. The molecule has 0 saturated carbocycles. The number of aromatic nitrogens is 3. The molecule has 0 saturated heterocycles. The van der Waals surface area contributed by atoms with Crippen molar-refractivity contribution >= 4 is 16.9 Å². The van der Waals surface area contributed by atoms with Gasteiger partial charge in [-0.15, -0.1) is 0 Å². The third-order valence-corrected chi connectivity index (χ3v) is 5.34. The third-order valence-electron chi connectivity index (χ3n) is 5.34. The summed E-state index contributed by atoms with van der Waals surface area (Å²) in [5.74, 6) is 0.561. The molecule has 1 unspecified atom stereocenters. The maximum Gasteiger partial charge on any atom is 0.254 e. The number of carbonyl (C=O) groups is 1. The van der Waals surface area contributed by atoms with Crippen molar-refractivity contribution in [2.24, 2.45) is 5.73 Å². The highest BCUT2D eigenvalue weighted by Gasteiger charge is 2.22. The van der Waals surface area contributed by atoms with Crippen LogP contribution < -0.4 is 15.2 Å². The Labute approximate surface area is 169 Å². The summed E-state index contributed by atoms with van der Waals surface area (Å²) in [4.78, 5) is 26.2. The first kappa shape index (κ1) is 19.2. The maximum atomic E-state index is 12.2. The van der Waals surface area contributed by atoms with Crippen LogP contribution in [0.3, 0.4) is 0 Å². The number of amides is 1.